The van der Waals surface area contributed by atoms with Crippen molar-refractivity contribution >= 4 is 18.2 Å². The number of carbonyl (C=O) groups is 1. The molecule has 1 unspecified atom stereocenters. The molecular formula is C22H26ClNO3. The van der Waals surface area contributed by atoms with Crippen molar-refractivity contribution in [1.29, 1.82) is 0 Å². The molecule has 5 heteroatoms. The van der Waals surface area contributed by atoms with Crippen molar-refractivity contribution in [2.45, 2.75) is 25.7 Å². The number of nitrogens with zero attached hydrogens (tertiary/aromatic N) is 1. The van der Waals surface area contributed by atoms with Gasteiger partial charge in [-0.25, -0.2) is 0 Å². The smallest absolute Gasteiger partial charge is 0.164 e. The van der Waals surface area contributed by atoms with Gasteiger partial charge in [-0.15, -0.1) is 12.4 Å². The fraction of sp³-hybridized carbons (Fsp3) is 0.409. The van der Waals surface area contributed by atoms with E-state index in [1.54, 1.807) is 0 Å². The van der Waals surface area contributed by atoms with E-state index in [1.165, 1.54) is 17.5 Å². The van der Waals surface area contributed by atoms with E-state index in [2.05, 4.69) is 36.1 Å². The summed E-state index contributed by atoms with van der Waals surface area (Å²) in [5.74, 6) is 2.16. The Balaban J connectivity index is 0.00000210. The number of ketones is 1. The molecule has 1 atom stereocenters. The van der Waals surface area contributed by atoms with E-state index in [1.807, 2.05) is 18.2 Å². The first kappa shape index (κ1) is 19.7. The van der Waals surface area contributed by atoms with Gasteiger partial charge in [0.25, 0.3) is 0 Å². The maximum absolute atomic E-state index is 12.6. The van der Waals surface area contributed by atoms with E-state index in [9.17, 15) is 4.79 Å². The van der Waals surface area contributed by atoms with Gasteiger partial charge in [0.05, 0.1) is 0 Å². The molecular weight excluding hydrogens is 362 g/mol. The molecule has 1 saturated heterocycles. The first-order valence-corrected chi connectivity index (χ1v) is 9.41. The van der Waals surface area contributed by atoms with E-state index < -0.39 is 0 Å². The summed E-state index contributed by atoms with van der Waals surface area (Å²) < 4.78 is 11.1. The van der Waals surface area contributed by atoms with Crippen molar-refractivity contribution in [3.63, 3.8) is 0 Å². The summed E-state index contributed by atoms with van der Waals surface area (Å²) in [6.07, 6.45) is 1.71. The lowest BCUT2D eigenvalue weighted by atomic mass is 9.97. The molecule has 0 amide bonds. The minimum Gasteiger partial charge on any atom is -0.486 e. The predicted octanol–water partition coefficient (Wildman–Crippen LogP) is 4.25. The van der Waals surface area contributed by atoms with E-state index in [-0.39, 0.29) is 18.2 Å². The molecule has 2 aliphatic rings. The molecule has 0 spiro atoms. The van der Waals surface area contributed by atoms with Gasteiger partial charge in [-0.1, -0.05) is 29.8 Å². The topological polar surface area (TPSA) is 38.8 Å². The maximum Gasteiger partial charge on any atom is 0.164 e. The highest BCUT2D eigenvalue weighted by Crippen LogP contribution is 2.31. The third-order valence-corrected chi connectivity index (χ3v) is 5.34. The van der Waals surface area contributed by atoms with Crippen LogP contribution < -0.4 is 9.47 Å². The number of aryl methyl sites for hydroxylation is 1. The lowest BCUT2D eigenvalue weighted by Crippen LogP contribution is -2.23. The number of ether oxygens (including phenoxy) is 2. The van der Waals surface area contributed by atoms with Gasteiger partial charge in [0, 0.05) is 25.1 Å². The van der Waals surface area contributed by atoms with Crippen molar-refractivity contribution in [3.05, 3.63) is 59.2 Å². The monoisotopic (exact) mass is 387 g/mol. The summed E-state index contributed by atoms with van der Waals surface area (Å²) in [6, 6.07) is 14.3. The average Bonchev–Trinajstić information content (AvgIpc) is 3.15. The summed E-state index contributed by atoms with van der Waals surface area (Å²) in [6.45, 7) is 6.14. The highest BCUT2D eigenvalue weighted by Gasteiger charge is 2.24. The Bertz CT molecular complexity index is 791. The van der Waals surface area contributed by atoms with Crippen LogP contribution in [-0.4, -0.2) is 43.5 Å². The summed E-state index contributed by atoms with van der Waals surface area (Å²) in [4.78, 5) is 15.0. The zero-order chi connectivity index (χ0) is 17.9. The lowest BCUT2D eigenvalue weighted by molar-refractivity contribution is 0.0967. The fourth-order valence-corrected chi connectivity index (χ4v) is 3.77. The Hall–Kier alpha value is -2.04. The van der Waals surface area contributed by atoms with Crippen LogP contribution in [0.15, 0.2) is 42.5 Å². The molecule has 2 aromatic carbocycles. The van der Waals surface area contributed by atoms with Crippen molar-refractivity contribution < 1.29 is 14.3 Å². The second kappa shape index (κ2) is 8.77. The van der Waals surface area contributed by atoms with Gasteiger partial charge in [0.15, 0.2) is 17.3 Å². The molecule has 27 heavy (non-hydrogen) atoms. The van der Waals surface area contributed by atoms with Gasteiger partial charge in [0.2, 0.25) is 0 Å². The van der Waals surface area contributed by atoms with Gasteiger partial charge in [0.1, 0.15) is 13.2 Å². The molecule has 0 aromatic heterocycles. The Morgan fingerprint density at radius 2 is 1.81 bits per heavy atom. The van der Waals surface area contributed by atoms with Crippen LogP contribution in [0.2, 0.25) is 0 Å². The molecule has 1 fully saturated rings. The Kier molecular flexibility index (Phi) is 6.40. The Labute approximate surface area is 166 Å². The normalized spacial score (nSPS) is 18.8. The number of benzene rings is 2. The van der Waals surface area contributed by atoms with Gasteiger partial charge < -0.3 is 14.4 Å². The summed E-state index contributed by atoms with van der Waals surface area (Å²) in [7, 11) is 0. The molecule has 144 valence electrons. The third-order valence-electron chi connectivity index (χ3n) is 5.34. The molecule has 0 aliphatic carbocycles. The van der Waals surface area contributed by atoms with Crippen LogP contribution in [0.1, 0.15) is 40.2 Å². The number of fused-ring (bicyclic) bond motifs is 1. The highest BCUT2D eigenvalue weighted by molar-refractivity contribution is 5.96. The fourth-order valence-electron chi connectivity index (χ4n) is 3.77. The van der Waals surface area contributed by atoms with Gasteiger partial charge in [-0.2, -0.15) is 0 Å². The van der Waals surface area contributed by atoms with Crippen LogP contribution in [-0.2, 0) is 0 Å². The summed E-state index contributed by atoms with van der Waals surface area (Å²) >= 11 is 0. The molecule has 2 aliphatic heterocycles. The predicted molar refractivity (Wildman–Crippen MR) is 109 cm³/mol. The van der Waals surface area contributed by atoms with Crippen LogP contribution in [0, 0.1) is 6.92 Å². The molecule has 0 radical (unpaired) electrons. The number of hydrogen-bond donors (Lipinski definition) is 0. The second-order valence-corrected chi connectivity index (χ2v) is 7.23. The van der Waals surface area contributed by atoms with E-state index in [0.29, 0.717) is 36.9 Å². The highest BCUT2D eigenvalue weighted by atomic mass is 35.5. The zero-order valence-corrected chi connectivity index (χ0v) is 16.5. The zero-order valence-electron chi connectivity index (χ0n) is 15.6. The number of Topliss-reactive ketones (excluding diaryl/α,β-unsaturated/α-hetero) is 1. The van der Waals surface area contributed by atoms with Crippen molar-refractivity contribution in [2.24, 2.45) is 0 Å². The minimum absolute atomic E-state index is 0. The first-order chi connectivity index (χ1) is 12.7. The van der Waals surface area contributed by atoms with E-state index in [4.69, 9.17) is 9.47 Å². The van der Waals surface area contributed by atoms with E-state index in [0.717, 1.165) is 25.4 Å². The maximum atomic E-state index is 12.6. The molecule has 4 rings (SSSR count). The molecule has 2 heterocycles. The number of hydrogen-bond acceptors (Lipinski definition) is 4. The van der Waals surface area contributed by atoms with Crippen LogP contribution in [0.3, 0.4) is 0 Å². The number of halogens is 1. The van der Waals surface area contributed by atoms with Crippen LogP contribution in [0.25, 0.3) is 0 Å². The second-order valence-electron chi connectivity index (χ2n) is 7.23. The first-order valence-electron chi connectivity index (χ1n) is 9.41. The molecule has 2 aromatic rings. The van der Waals surface area contributed by atoms with Crippen molar-refractivity contribution in [2.75, 3.05) is 32.8 Å². The summed E-state index contributed by atoms with van der Waals surface area (Å²) in [5.41, 5.74) is 3.42. The van der Waals surface area contributed by atoms with Gasteiger partial charge in [-0.3, -0.25) is 4.79 Å². The number of rotatable bonds is 5. The quantitative estimate of drug-likeness (QED) is 0.719. The Morgan fingerprint density at radius 1 is 1.07 bits per heavy atom. The standard InChI is InChI=1S/C22H25NO3.ClH/c1-16-2-4-17(5-3-16)19-8-10-23(15-19)11-9-20(24)18-6-7-21-22(14-18)26-13-12-25-21;/h2-7,14,19H,8-13,15H2,1H3;1H. The SMILES string of the molecule is Cc1ccc(C2CCN(CCC(=O)c3ccc4c(c3)OCCO4)C2)cc1.Cl. The molecule has 0 saturated carbocycles. The molecule has 0 N–H and O–H groups in total. The average molecular weight is 388 g/mol. The minimum atomic E-state index is 0. The van der Waals surface area contributed by atoms with Crippen molar-refractivity contribution in [1.82, 2.24) is 4.90 Å². The Morgan fingerprint density at radius 3 is 2.59 bits per heavy atom. The molecule has 0 bridgehead atoms. The van der Waals surface area contributed by atoms with Gasteiger partial charge in [-0.05, 0) is 49.6 Å². The van der Waals surface area contributed by atoms with Crippen LogP contribution in [0.5, 0.6) is 11.5 Å². The third kappa shape index (κ3) is 4.63. The van der Waals surface area contributed by atoms with Crippen LogP contribution in [0.4, 0.5) is 0 Å². The number of carbonyl (C=O) groups excluding carboxylic acids is 1. The van der Waals surface area contributed by atoms with E-state index >= 15 is 0 Å². The van der Waals surface area contributed by atoms with Crippen molar-refractivity contribution in [3.8, 4) is 11.5 Å². The molecule has 4 nitrogen and oxygen atoms in total. The van der Waals surface area contributed by atoms with Gasteiger partial charge >= 0.3 is 0 Å². The number of likely N-dealkylation sites (tertiary alicyclic amines) is 1. The van der Waals surface area contributed by atoms with Crippen LogP contribution >= 0.6 is 12.4 Å². The lowest BCUT2D eigenvalue weighted by Gasteiger charge is -2.19. The largest absolute Gasteiger partial charge is 0.486 e. The summed E-state index contributed by atoms with van der Waals surface area (Å²) in [5, 5.41) is 0.